The second-order valence-electron chi connectivity index (χ2n) is 6.68. The smallest absolute Gasteiger partial charge is 0.363 e. The molecule has 2 aromatic rings. The van der Waals surface area contributed by atoms with E-state index in [2.05, 4.69) is 0 Å². The highest BCUT2D eigenvalue weighted by molar-refractivity contribution is 6.00. The lowest BCUT2D eigenvalue weighted by Crippen LogP contribution is -2.69. The van der Waals surface area contributed by atoms with Crippen LogP contribution in [-0.2, 0) is 4.79 Å². The second-order valence-corrected chi connectivity index (χ2v) is 6.68. The average molecular weight is 408 g/mol. The Morgan fingerprint density at radius 3 is 2.41 bits per heavy atom. The summed E-state index contributed by atoms with van der Waals surface area (Å²) in [4.78, 5) is 35.4. The lowest BCUT2D eigenvalue weighted by atomic mass is 9.70. The zero-order chi connectivity index (χ0) is 21.4. The van der Waals surface area contributed by atoms with Crippen LogP contribution in [0.15, 0.2) is 54.6 Å². The molecule has 0 spiro atoms. The molecule has 0 aromatic heterocycles. The fourth-order valence-corrected chi connectivity index (χ4v) is 3.53. The first kappa shape index (κ1) is 20.5. The van der Waals surface area contributed by atoms with Gasteiger partial charge in [0.05, 0.1) is 10.8 Å². The van der Waals surface area contributed by atoms with Crippen molar-refractivity contribution in [1.82, 2.24) is 5.32 Å². The van der Waals surface area contributed by atoms with Crippen molar-refractivity contribution in [1.29, 1.82) is 0 Å². The number of nitrogens with one attached hydrogen (secondary N) is 1. The van der Waals surface area contributed by atoms with Crippen molar-refractivity contribution in [3.05, 3.63) is 75.8 Å². The highest BCUT2D eigenvalue weighted by atomic mass is 19.4. The third-order valence-corrected chi connectivity index (χ3v) is 4.87. The summed E-state index contributed by atoms with van der Waals surface area (Å²) in [5.41, 5.74) is -4.35. The molecule has 3 unspecified atom stereocenters. The minimum Gasteiger partial charge on any atom is -0.363 e. The van der Waals surface area contributed by atoms with E-state index in [9.17, 15) is 38.0 Å². The lowest BCUT2D eigenvalue weighted by molar-refractivity contribution is -0.385. The largest absolute Gasteiger partial charge is 0.437 e. The third-order valence-electron chi connectivity index (χ3n) is 4.87. The summed E-state index contributed by atoms with van der Waals surface area (Å²) >= 11 is 0. The topological polar surface area (TPSA) is 110 Å². The highest BCUT2D eigenvalue weighted by Crippen LogP contribution is 2.47. The Kier molecular flexibility index (Phi) is 5.14. The van der Waals surface area contributed by atoms with Crippen LogP contribution in [0.25, 0.3) is 0 Å². The number of hydrogen-bond donors (Lipinski definition) is 2. The molecular formula is C19H15F3N2O5. The first-order valence-corrected chi connectivity index (χ1v) is 8.48. The maximum atomic E-state index is 13.8. The first-order valence-electron chi connectivity index (χ1n) is 8.48. The number of halogens is 3. The molecule has 3 atom stereocenters. The molecule has 0 aliphatic carbocycles. The molecule has 3 rings (SSSR count). The first-order chi connectivity index (χ1) is 13.5. The average Bonchev–Trinajstić information content (AvgIpc) is 2.67. The van der Waals surface area contributed by atoms with Crippen molar-refractivity contribution in [3.8, 4) is 0 Å². The van der Waals surface area contributed by atoms with E-state index >= 15 is 0 Å². The third kappa shape index (κ3) is 3.70. The van der Waals surface area contributed by atoms with Crippen molar-refractivity contribution < 1.29 is 32.8 Å². The Morgan fingerprint density at radius 2 is 1.83 bits per heavy atom. The molecule has 7 nitrogen and oxygen atoms in total. The minimum absolute atomic E-state index is 0.0222. The van der Waals surface area contributed by atoms with Crippen LogP contribution in [0.4, 0.5) is 18.9 Å². The molecule has 0 radical (unpaired) electrons. The van der Waals surface area contributed by atoms with Gasteiger partial charge >= 0.3 is 6.18 Å². The van der Waals surface area contributed by atoms with Crippen LogP contribution in [0, 0.1) is 16.0 Å². The molecular weight excluding hydrogens is 393 g/mol. The Hall–Kier alpha value is -3.27. The summed E-state index contributed by atoms with van der Waals surface area (Å²) < 4.78 is 41.4. The number of nitro benzene ring substituents is 1. The molecule has 29 heavy (non-hydrogen) atoms. The van der Waals surface area contributed by atoms with Gasteiger partial charge in [-0.1, -0.05) is 42.5 Å². The molecule has 1 aliphatic heterocycles. The van der Waals surface area contributed by atoms with Gasteiger partial charge in [-0.15, -0.1) is 0 Å². The second kappa shape index (κ2) is 7.28. The zero-order valence-electron chi connectivity index (χ0n) is 14.7. The van der Waals surface area contributed by atoms with Crippen LogP contribution in [0.3, 0.4) is 0 Å². The highest BCUT2D eigenvalue weighted by Gasteiger charge is 2.66. The van der Waals surface area contributed by atoms with Crippen molar-refractivity contribution in [2.45, 2.75) is 24.2 Å². The Balaban J connectivity index is 2.18. The maximum absolute atomic E-state index is 13.8. The van der Waals surface area contributed by atoms with Gasteiger partial charge in [0.25, 0.3) is 5.69 Å². The summed E-state index contributed by atoms with van der Waals surface area (Å²) in [6.45, 7) is 0. The van der Waals surface area contributed by atoms with Gasteiger partial charge in [0, 0.05) is 30.0 Å². The molecule has 1 amide bonds. The summed E-state index contributed by atoms with van der Waals surface area (Å²) in [5.74, 6) is -5.73. The molecule has 10 heteroatoms. The summed E-state index contributed by atoms with van der Waals surface area (Å²) in [6, 6.07) is 11.7. The molecule has 152 valence electrons. The Labute approximate surface area is 162 Å². The van der Waals surface area contributed by atoms with Crippen molar-refractivity contribution >= 4 is 17.4 Å². The SMILES string of the molecule is O=C1CC(c2cccc([N+](=O)[O-])c2)C(C(=O)c2ccccc2)C(O)(C(F)(F)F)N1. The number of hydrogen-bond acceptors (Lipinski definition) is 5. The van der Waals surface area contributed by atoms with E-state index in [1.165, 1.54) is 41.7 Å². The van der Waals surface area contributed by atoms with E-state index in [1.54, 1.807) is 6.07 Å². The van der Waals surface area contributed by atoms with Crippen molar-refractivity contribution in [2.24, 2.45) is 5.92 Å². The number of non-ortho nitro benzene ring substituents is 1. The maximum Gasteiger partial charge on any atom is 0.437 e. The number of amides is 1. The van der Waals surface area contributed by atoms with E-state index in [0.29, 0.717) is 0 Å². The van der Waals surface area contributed by atoms with Crippen LogP contribution >= 0.6 is 0 Å². The Bertz CT molecular complexity index is 964. The van der Waals surface area contributed by atoms with E-state index in [1.807, 2.05) is 0 Å². The number of Topliss-reactive ketones (excluding diaryl/α,β-unsaturated/α-hetero) is 1. The predicted octanol–water partition coefficient (Wildman–Crippen LogP) is 2.95. The number of ketones is 1. The number of nitro groups is 1. The van der Waals surface area contributed by atoms with Gasteiger partial charge < -0.3 is 10.4 Å². The van der Waals surface area contributed by atoms with Crippen LogP contribution in [0.5, 0.6) is 0 Å². The number of carbonyl (C=O) groups excluding carboxylic acids is 2. The van der Waals surface area contributed by atoms with Gasteiger partial charge in [0.2, 0.25) is 11.6 Å². The van der Waals surface area contributed by atoms with Gasteiger partial charge in [0.15, 0.2) is 5.78 Å². The normalized spacial score (nSPS) is 24.6. The van der Waals surface area contributed by atoms with E-state index in [4.69, 9.17) is 0 Å². The molecule has 1 saturated heterocycles. The molecule has 1 aliphatic rings. The number of nitrogens with zero attached hydrogens (tertiary/aromatic N) is 1. The fourth-order valence-electron chi connectivity index (χ4n) is 3.53. The van der Waals surface area contributed by atoms with Gasteiger partial charge in [-0.2, -0.15) is 13.2 Å². The van der Waals surface area contributed by atoms with E-state index < -0.39 is 52.5 Å². The van der Waals surface area contributed by atoms with Crippen LogP contribution in [0.2, 0.25) is 0 Å². The van der Waals surface area contributed by atoms with E-state index in [0.717, 1.165) is 12.1 Å². The van der Waals surface area contributed by atoms with Gasteiger partial charge in [-0.25, -0.2) is 0 Å². The Morgan fingerprint density at radius 1 is 1.17 bits per heavy atom. The predicted molar refractivity (Wildman–Crippen MR) is 93.9 cm³/mol. The van der Waals surface area contributed by atoms with Gasteiger partial charge in [0.1, 0.15) is 0 Å². The van der Waals surface area contributed by atoms with Gasteiger partial charge in [-0.3, -0.25) is 19.7 Å². The molecule has 0 saturated carbocycles. The number of alkyl halides is 3. The molecule has 0 bridgehead atoms. The summed E-state index contributed by atoms with van der Waals surface area (Å²) in [7, 11) is 0. The number of benzene rings is 2. The van der Waals surface area contributed by atoms with Crippen molar-refractivity contribution in [2.75, 3.05) is 0 Å². The van der Waals surface area contributed by atoms with E-state index in [-0.39, 0.29) is 11.1 Å². The molecule has 2 N–H and O–H groups in total. The summed E-state index contributed by atoms with van der Waals surface area (Å²) in [6.07, 6.45) is -5.92. The molecule has 2 aromatic carbocycles. The van der Waals surface area contributed by atoms with Crippen LogP contribution in [-0.4, -0.2) is 33.6 Å². The summed E-state index contributed by atoms with van der Waals surface area (Å²) in [5, 5.41) is 23.0. The monoisotopic (exact) mass is 408 g/mol. The molecule has 1 fully saturated rings. The zero-order valence-corrected chi connectivity index (χ0v) is 14.7. The van der Waals surface area contributed by atoms with Gasteiger partial charge in [-0.05, 0) is 5.56 Å². The standard InChI is InChI=1S/C19H15F3N2O5/c20-19(21,22)18(27)16(17(26)11-5-2-1-3-6-11)14(10-15(25)23-18)12-7-4-8-13(9-12)24(28)29/h1-9,14,16,27H,10H2,(H,23,25). The van der Waals surface area contributed by atoms with Crippen molar-refractivity contribution in [3.63, 3.8) is 0 Å². The molecule has 1 heterocycles. The quantitative estimate of drug-likeness (QED) is 0.459. The number of aliphatic hydroxyl groups is 1. The number of piperidine rings is 1. The minimum atomic E-state index is -5.36. The van der Waals surface area contributed by atoms with Crippen LogP contribution < -0.4 is 5.32 Å². The number of rotatable bonds is 4. The van der Waals surface area contributed by atoms with Crippen LogP contribution in [0.1, 0.15) is 28.3 Å². The lowest BCUT2D eigenvalue weighted by Gasteiger charge is -2.44. The fraction of sp³-hybridized carbons (Fsp3) is 0.263. The number of carbonyl (C=O) groups is 2.